The van der Waals surface area contributed by atoms with Crippen LogP contribution in [0.5, 0.6) is 5.75 Å². The van der Waals surface area contributed by atoms with E-state index >= 15 is 0 Å². The third-order valence-corrected chi connectivity index (χ3v) is 5.13. The number of carbonyl (C=O) groups excluding carboxylic acids is 4. The summed E-state index contributed by atoms with van der Waals surface area (Å²) in [6.07, 6.45) is 0. The Morgan fingerprint density at radius 3 is 2.47 bits per heavy atom. The Bertz CT molecular complexity index is 1010. The lowest BCUT2D eigenvalue weighted by molar-refractivity contribution is -0.143. The maximum Gasteiger partial charge on any atom is 0.325 e. The van der Waals surface area contributed by atoms with E-state index in [0.717, 1.165) is 0 Å². The summed E-state index contributed by atoms with van der Waals surface area (Å²) in [5.41, 5.74) is 11.1. The molecule has 0 radical (unpaired) electrons. The van der Waals surface area contributed by atoms with Gasteiger partial charge in [0, 0.05) is 0 Å². The second-order valence-corrected chi connectivity index (χ2v) is 7.19. The summed E-state index contributed by atoms with van der Waals surface area (Å²) in [6.45, 7) is 5.03. The molecule has 0 spiro atoms. The van der Waals surface area contributed by atoms with Gasteiger partial charge in [-0.3, -0.25) is 24.1 Å². The van der Waals surface area contributed by atoms with Gasteiger partial charge >= 0.3 is 5.97 Å². The van der Waals surface area contributed by atoms with Gasteiger partial charge in [-0.25, -0.2) is 0 Å². The highest BCUT2D eigenvalue weighted by atomic mass is 32.1. The lowest BCUT2D eigenvalue weighted by atomic mass is 10.1. The summed E-state index contributed by atoms with van der Waals surface area (Å²) in [5, 5.41) is 2.45. The number of para-hydroxylation sites is 2. The van der Waals surface area contributed by atoms with E-state index in [9.17, 15) is 19.2 Å². The molecular weight excluding hydrogens is 438 g/mol. The van der Waals surface area contributed by atoms with Gasteiger partial charge in [-0.15, -0.1) is 0 Å². The fraction of sp³-hybridized carbons (Fsp3) is 0.350. The molecule has 0 aliphatic heterocycles. The molecule has 0 fully saturated rings. The van der Waals surface area contributed by atoms with Crippen LogP contribution in [0.15, 0.2) is 24.3 Å². The van der Waals surface area contributed by atoms with Crippen molar-refractivity contribution in [2.24, 2.45) is 5.73 Å². The molecule has 1 aromatic heterocycles. The molecule has 1 heterocycles. The minimum atomic E-state index is -1.09. The third kappa shape index (κ3) is 5.52. The number of benzene rings is 1. The Kier molecular flexibility index (Phi) is 8.53. The number of hydrogen-bond acceptors (Lipinski definition) is 9. The first kappa shape index (κ1) is 24.6. The summed E-state index contributed by atoms with van der Waals surface area (Å²) in [7, 11) is 0. The number of primary amides is 1. The smallest absolute Gasteiger partial charge is 0.325 e. The van der Waals surface area contributed by atoms with Crippen LogP contribution in [0.3, 0.4) is 0 Å². The summed E-state index contributed by atoms with van der Waals surface area (Å²) < 4.78 is 14.3. The lowest BCUT2D eigenvalue weighted by Gasteiger charge is -2.29. The monoisotopic (exact) mass is 463 g/mol. The number of esters is 1. The van der Waals surface area contributed by atoms with Crippen molar-refractivity contribution in [3.05, 3.63) is 34.8 Å². The Labute approximate surface area is 188 Å². The number of nitrogens with zero attached hydrogens (tertiary/aromatic N) is 2. The second-order valence-electron chi connectivity index (χ2n) is 6.41. The molecule has 1 aromatic carbocycles. The summed E-state index contributed by atoms with van der Waals surface area (Å²) in [5.74, 6) is -2.43. The molecule has 3 amide bonds. The van der Waals surface area contributed by atoms with Crippen LogP contribution in [0, 0.1) is 0 Å². The lowest BCUT2D eigenvalue weighted by Crippen LogP contribution is -2.49. The number of hydrogen-bond donors (Lipinski definition) is 3. The highest BCUT2D eigenvalue weighted by molar-refractivity contribution is 7.09. The zero-order chi connectivity index (χ0) is 23.8. The van der Waals surface area contributed by atoms with E-state index in [1.165, 1.54) is 11.8 Å². The highest BCUT2D eigenvalue weighted by Gasteiger charge is 2.33. The minimum Gasteiger partial charge on any atom is -0.492 e. The van der Waals surface area contributed by atoms with E-state index in [1.54, 1.807) is 38.1 Å². The number of nitrogens with one attached hydrogen (secondary N) is 1. The third-order valence-electron chi connectivity index (χ3n) is 4.28. The normalized spacial score (nSPS) is 11.3. The molecule has 11 nitrogen and oxygen atoms in total. The number of nitrogen functional groups attached to an aromatic ring is 1. The molecule has 0 saturated heterocycles. The van der Waals surface area contributed by atoms with Crippen molar-refractivity contribution in [1.82, 2.24) is 9.69 Å². The van der Waals surface area contributed by atoms with Crippen LogP contribution in [0.1, 0.15) is 40.9 Å². The van der Waals surface area contributed by atoms with Gasteiger partial charge in [-0.05, 0) is 44.4 Å². The summed E-state index contributed by atoms with van der Waals surface area (Å²) in [4.78, 5) is 50.5. The van der Waals surface area contributed by atoms with Crippen LogP contribution in [0.4, 0.5) is 11.4 Å². The van der Waals surface area contributed by atoms with Crippen LogP contribution in [-0.2, 0) is 14.3 Å². The van der Waals surface area contributed by atoms with Crippen LogP contribution in [-0.4, -0.2) is 53.9 Å². The van der Waals surface area contributed by atoms with Gasteiger partial charge in [0.2, 0.25) is 5.91 Å². The summed E-state index contributed by atoms with van der Waals surface area (Å²) >= 11 is 0.695. The molecule has 1 atom stereocenters. The molecule has 0 aliphatic rings. The van der Waals surface area contributed by atoms with E-state index in [4.69, 9.17) is 20.9 Å². The number of nitrogens with two attached hydrogens (primary N) is 2. The van der Waals surface area contributed by atoms with Crippen molar-refractivity contribution >= 4 is 46.6 Å². The first-order valence-corrected chi connectivity index (χ1v) is 10.5. The van der Waals surface area contributed by atoms with E-state index in [1.807, 2.05) is 0 Å². The molecule has 172 valence electrons. The fourth-order valence-corrected chi connectivity index (χ4v) is 3.54. The Hall–Kier alpha value is -3.67. The minimum absolute atomic E-state index is 0.0601. The Morgan fingerprint density at radius 1 is 1.19 bits per heavy atom. The average molecular weight is 464 g/mol. The van der Waals surface area contributed by atoms with Crippen molar-refractivity contribution in [3.63, 3.8) is 0 Å². The maximum absolute atomic E-state index is 13.5. The number of rotatable bonds is 10. The Balaban J connectivity index is 2.46. The van der Waals surface area contributed by atoms with Crippen LogP contribution in [0.25, 0.3) is 0 Å². The predicted octanol–water partition coefficient (Wildman–Crippen LogP) is 0.938. The molecule has 2 rings (SSSR count). The molecule has 32 heavy (non-hydrogen) atoms. The van der Waals surface area contributed by atoms with Crippen molar-refractivity contribution < 1.29 is 28.7 Å². The number of anilines is 2. The maximum atomic E-state index is 13.5. The largest absolute Gasteiger partial charge is 0.492 e. The molecule has 2 aromatic rings. The van der Waals surface area contributed by atoms with Gasteiger partial charge in [0.15, 0.2) is 5.69 Å². The number of carbonyl (C=O) groups is 4. The van der Waals surface area contributed by atoms with Crippen molar-refractivity contribution in [1.29, 1.82) is 0 Å². The van der Waals surface area contributed by atoms with Crippen LogP contribution >= 0.6 is 11.5 Å². The highest BCUT2D eigenvalue weighted by Crippen LogP contribution is 2.33. The van der Waals surface area contributed by atoms with Crippen molar-refractivity contribution in [2.45, 2.75) is 26.8 Å². The summed E-state index contributed by atoms with van der Waals surface area (Å²) in [6, 6.07) is 5.55. The zero-order valence-electron chi connectivity index (χ0n) is 17.9. The number of ether oxygens (including phenoxy) is 2. The standard InChI is InChI=1S/C20H25N5O6S/c1-4-30-13-9-7-6-8-12(13)25(11(3)19(28)23-10-14(26)31-5-2)20(29)17-15(21)16(18(22)27)24-32-17/h6-9,11H,4-5,10,21H2,1-3H3,(H2,22,27)(H,23,28)/t11-/m1/s1. The molecule has 0 aliphatic carbocycles. The van der Waals surface area contributed by atoms with Gasteiger partial charge in [0.1, 0.15) is 23.2 Å². The number of amides is 3. The van der Waals surface area contributed by atoms with Crippen molar-refractivity contribution in [2.75, 3.05) is 30.4 Å². The first-order chi connectivity index (χ1) is 15.2. The van der Waals surface area contributed by atoms with E-state index in [2.05, 4.69) is 9.69 Å². The quantitative estimate of drug-likeness (QED) is 0.438. The SMILES string of the molecule is CCOC(=O)CNC(=O)[C@@H](C)N(C(=O)c1snc(C(N)=O)c1N)c1ccccc1OCC. The molecular formula is C20H25N5O6S. The molecule has 0 saturated carbocycles. The van der Waals surface area contributed by atoms with Gasteiger partial charge in [0.25, 0.3) is 11.8 Å². The van der Waals surface area contributed by atoms with Gasteiger partial charge < -0.3 is 26.3 Å². The average Bonchev–Trinajstić information content (AvgIpc) is 3.15. The molecule has 12 heteroatoms. The zero-order valence-corrected chi connectivity index (χ0v) is 18.7. The van der Waals surface area contributed by atoms with Crippen LogP contribution < -0.4 is 26.4 Å². The van der Waals surface area contributed by atoms with Crippen LogP contribution in [0.2, 0.25) is 0 Å². The molecule has 0 bridgehead atoms. The number of aromatic nitrogens is 1. The fourth-order valence-electron chi connectivity index (χ4n) is 2.80. The second kappa shape index (κ2) is 11.1. The van der Waals surface area contributed by atoms with E-state index in [-0.39, 0.29) is 29.4 Å². The van der Waals surface area contributed by atoms with E-state index < -0.39 is 29.7 Å². The topological polar surface area (TPSA) is 167 Å². The van der Waals surface area contributed by atoms with Crippen molar-refractivity contribution in [3.8, 4) is 5.75 Å². The first-order valence-electron chi connectivity index (χ1n) is 9.76. The van der Waals surface area contributed by atoms with Gasteiger partial charge in [-0.2, -0.15) is 4.37 Å². The molecule has 5 N–H and O–H groups in total. The van der Waals surface area contributed by atoms with Gasteiger partial charge in [-0.1, -0.05) is 12.1 Å². The van der Waals surface area contributed by atoms with E-state index in [0.29, 0.717) is 29.6 Å². The molecule has 0 unspecified atom stereocenters. The predicted molar refractivity (Wildman–Crippen MR) is 119 cm³/mol. The van der Waals surface area contributed by atoms with Gasteiger partial charge in [0.05, 0.1) is 24.6 Å². The Morgan fingerprint density at radius 2 is 1.88 bits per heavy atom.